The van der Waals surface area contributed by atoms with E-state index in [1.807, 2.05) is 0 Å². The monoisotopic (exact) mass is 374 g/mol. The summed E-state index contributed by atoms with van der Waals surface area (Å²) >= 11 is 0. The SMILES string of the molecule is Cc1cnc(C(=O)N2CCCN2C(=O)c2ccccc2S(C)(=O)=O)cn1. The Kier molecular flexibility index (Phi) is 4.73. The smallest absolute Gasteiger partial charge is 0.267 e. The summed E-state index contributed by atoms with van der Waals surface area (Å²) in [5.41, 5.74) is 0.856. The second-order valence-electron chi connectivity index (χ2n) is 6.02. The molecule has 136 valence electrons. The van der Waals surface area contributed by atoms with Gasteiger partial charge in [0.15, 0.2) is 9.84 Å². The minimum Gasteiger partial charge on any atom is -0.267 e. The van der Waals surface area contributed by atoms with Crippen molar-refractivity contribution in [2.24, 2.45) is 0 Å². The number of nitrogens with zero attached hydrogens (tertiary/aromatic N) is 4. The predicted molar refractivity (Wildman–Crippen MR) is 93.0 cm³/mol. The van der Waals surface area contributed by atoms with Crippen molar-refractivity contribution in [3.05, 3.63) is 53.6 Å². The van der Waals surface area contributed by atoms with Crippen molar-refractivity contribution in [3.8, 4) is 0 Å². The van der Waals surface area contributed by atoms with E-state index in [1.54, 1.807) is 19.1 Å². The molecule has 9 heteroatoms. The van der Waals surface area contributed by atoms with Crippen LogP contribution in [0.3, 0.4) is 0 Å². The summed E-state index contributed by atoms with van der Waals surface area (Å²) in [6.45, 7) is 2.43. The first-order valence-electron chi connectivity index (χ1n) is 8.00. The first kappa shape index (κ1) is 18.0. The molecule has 3 rings (SSSR count). The summed E-state index contributed by atoms with van der Waals surface area (Å²) in [5, 5.41) is 2.56. The number of carbonyl (C=O) groups is 2. The lowest BCUT2D eigenvalue weighted by Crippen LogP contribution is -2.45. The molecule has 0 atom stereocenters. The van der Waals surface area contributed by atoms with Crippen LogP contribution in [0.2, 0.25) is 0 Å². The maximum Gasteiger partial charge on any atom is 0.292 e. The van der Waals surface area contributed by atoms with Gasteiger partial charge in [0, 0.05) is 25.5 Å². The maximum atomic E-state index is 12.9. The Morgan fingerprint density at radius 2 is 1.65 bits per heavy atom. The quantitative estimate of drug-likeness (QED) is 0.797. The van der Waals surface area contributed by atoms with Crippen molar-refractivity contribution in [3.63, 3.8) is 0 Å². The third-order valence-corrected chi connectivity index (χ3v) is 5.17. The van der Waals surface area contributed by atoms with E-state index in [9.17, 15) is 18.0 Å². The lowest BCUT2D eigenvalue weighted by atomic mass is 10.2. The van der Waals surface area contributed by atoms with Crippen molar-refractivity contribution in [1.82, 2.24) is 20.0 Å². The Morgan fingerprint density at radius 1 is 1.00 bits per heavy atom. The van der Waals surface area contributed by atoms with Gasteiger partial charge in [-0.05, 0) is 25.5 Å². The second-order valence-corrected chi connectivity index (χ2v) is 8.01. The molecule has 1 aliphatic rings. The summed E-state index contributed by atoms with van der Waals surface area (Å²) in [6, 6.07) is 5.99. The summed E-state index contributed by atoms with van der Waals surface area (Å²) in [5.74, 6) is -0.975. The average Bonchev–Trinajstić information content (AvgIpc) is 3.10. The highest BCUT2D eigenvalue weighted by molar-refractivity contribution is 7.90. The van der Waals surface area contributed by atoms with Crippen molar-refractivity contribution in [2.75, 3.05) is 19.3 Å². The number of hydrogen-bond donors (Lipinski definition) is 0. The Bertz CT molecular complexity index is 957. The molecule has 2 amide bonds. The fourth-order valence-corrected chi connectivity index (χ4v) is 3.66. The number of aryl methyl sites for hydroxylation is 1. The number of carbonyl (C=O) groups excluding carboxylic acids is 2. The zero-order valence-corrected chi connectivity index (χ0v) is 15.2. The Balaban J connectivity index is 1.93. The van der Waals surface area contributed by atoms with Crippen molar-refractivity contribution in [2.45, 2.75) is 18.2 Å². The molecule has 0 bridgehead atoms. The standard InChI is InChI=1S/C17H18N4O4S/c1-12-10-19-14(11-18-12)17(23)21-9-5-8-20(21)16(22)13-6-3-4-7-15(13)26(2,24)25/h3-4,6-7,10-11H,5,8-9H2,1-2H3. The molecular weight excluding hydrogens is 356 g/mol. The predicted octanol–water partition coefficient (Wildman–Crippen LogP) is 1.09. The van der Waals surface area contributed by atoms with Crippen molar-refractivity contribution in [1.29, 1.82) is 0 Å². The van der Waals surface area contributed by atoms with Crippen LogP contribution in [0.1, 0.15) is 33.0 Å². The third kappa shape index (κ3) is 3.43. The minimum atomic E-state index is -3.58. The lowest BCUT2D eigenvalue weighted by molar-refractivity contribution is 0.0179. The Hall–Kier alpha value is -2.81. The fraction of sp³-hybridized carbons (Fsp3) is 0.294. The molecule has 0 spiro atoms. The molecule has 0 N–H and O–H groups in total. The van der Waals surface area contributed by atoms with E-state index >= 15 is 0 Å². The first-order valence-corrected chi connectivity index (χ1v) is 9.89. The van der Waals surface area contributed by atoms with Gasteiger partial charge in [-0.3, -0.25) is 14.6 Å². The molecule has 8 nitrogen and oxygen atoms in total. The highest BCUT2D eigenvalue weighted by Gasteiger charge is 2.34. The number of benzene rings is 1. The van der Waals surface area contributed by atoms with Gasteiger partial charge in [0.2, 0.25) is 0 Å². The number of hydrazine groups is 1. The van der Waals surface area contributed by atoms with Gasteiger partial charge in [0.1, 0.15) is 5.69 Å². The van der Waals surface area contributed by atoms with E-state index < -0.39 is 21.7 Å². The van der Waals surface area contributed by atoms with Gasteiger partial charge in [-0.15, -0.1) is 0 Å². The molecule has 1 saturated heterocycles. The normalized spacial score (nSPS) is 14.5. The molecule has 0 aliphatic carbocycles. The van der Waals surface area contributed by atoms with E-state index in [0.29, 0.717) is 25.2 Å². The van der Waals surface area contributed by atoms with E-state index in [1.165, 1.54) is 34.5 Å². The van der Waals surface area contributed by atoms with Gasteiger partial charge in [-0.2, -0.15) is 0 Å². The molecule has 1 fully saturated rings. The minimum absolute atomic E-state index is 0.0460. The van der Waals surface area contributed by atoms with Crippen LogP contribution in [0.4, 0.5) is 0 Å². The molecule has 1 aliphatic heterocycles. The van der Waals surface area contributed by atoms with Crippen LogP contribution in [0.5, 0.6) is 0 Å². The van der Waals surface area contributed by atoms with Gasteiger partial charge in [-0.25, -0.2) is 23.4 Å². The van der Waals surface area contributed by atoms with Gasteiger partial charge >= 0.3 is 0 Å². The molecule has 2 aromatic rings. The highest BCUT2D eigenvalue weighted by atomic mass is 32.2. The van der Waals surface area contributed by atoms with Gasteiger partial charge in [-0.1, -0.05) is 12.1 Å². The number of amides is 2. The zero-order valence-electron chi connectivity index (χ0n) is 14.4. The van der Waals surface area contributed by atoms with Crippen LogP contribution >= 0.6 is 0 Å². The fourth-order valence-electron chi connectivity index (χ4n) is 2.77. The van der Waals surface area contributed by atoms with Gasteiger partial charge in [0.05, 0.1) is 22.3 Å². The van der Waals surface area contributed by atoms with Crippen LogP contribution in [0, 0.1) is 6.92 Å². The summed E-state index contributed by atoms with van der Waals surface area (Å²) in [7, 11) is -3.58. The van der Waals surface area contributed by atoms with Crippen LogP contribution in [-0.4, -0.2) is 59.6 Å². The Morgan fingerprint density at radius 3 is 2.27 bits per heavy atom. The van der Waals surface area contributed by atoms with Gasteiger partial charge < -0.3 is 0 Å². The van der Waals surface area contributed by atoms with Crippen LogP contribution in [0.25, 0.3) is 0 Å². The molecule has 1 aromatic heterocycles. The highest BCUT2D eigenvalue weighted by Crippen LogP contribution is 2.22. The number of aromatic nitrogens is 2. The molecular formula is C17H18N4O4S. The maximum absolute atomic E-state index is 12.9. The lowest BCUT2D eigenvalue weighted by Gasteiger charge is -2.28. The molecule has 0 unspecified atom stereocenters. The molecule has 0 radical (unpaired) electrons. The summed E-state index contributed by atoms with van der Waals surface area (Å²) in [4.78, 5) is 33.7. The largest absolute Gasteiger partial charge is 0.292 e. The van der Waals surface area contributed by atoms with Crippen LogP contribution in [-0.2, 0) is 9.84 Å². The van der Waals surface area contributed by atoms with E-state index in [4.69, 9.17) is 0 Å². The van der Waals surface area contributed by atoms with Crippen LogP contribution < -0.4 is 0 Å². The van der Waals surface area contributed by atoms with Crippen LogP contribution in [0.15, 0.2) is 41.6 Å². The first-order chi connectivity index (χ1) is 12.3. The number of sulfone groups is 1. The molecule has 0 saturated carbocycles. The Labute approximate surface area is 151 Å². The topological polar surface area (TPSA) is 101 Å². The average molecular weight is 374 g/mol. The number of hydrogen-bond acceptors (Lipinski definition) is 6. The number of rotatable bonds is 3. The van der Waals surface area contributed by atoms with Gasteiger partial charge in [0.25, 0.3) is 11.8 Å². The molecule has 2 heterocycles. The van der Waals surface area contributed by atoms with E-state index in [0.717, 1.165) is 6.26 Å². The second kappa shape index (κ2) is 6.83. The molecule has 1 aromatic carbocycles. The van der Waals surface area contributed by atoms with E-state index in [2.05, 4.69) is 9.97 Å². The third-order valence-electron chi connectivity index (χ3n) is 4.02. The summed E-state index contributed by atoms with van der Waals surface area (Å²) in [6.07, 6.45) is 4.49. The zero-order chi connectivity index (χ0) is 18.9. The van der Waals surface area contributed by atoms with E-state index in [-0.39, 0.29) is 16.2 Å². The van der Waals surface area contributed by atoms with Crippen molar-refractivity contribution >= 4 is 21.7 Å². The molecule has 26 heavy (non-hydrogen) atoms. The van der Waals surface area contributed by atoms with Crippen molar-refractivity contribution < 1.29 is 18.0 Å². The summed E-state index contributed by atoms with van der Waals surface area (Å²) < 4.78 is 23.9.